The lowest BCUT2D eigenvalue weighted by molar-refractivity contribution is -0.124. The molecule has 200 valence electrons. The summed E-state index contributed by atoms with van der Waals surface area (Å²) in [6.45, 7) is 1.91. The molecule has 0 aliphatic heterocycles. The molecule has 1 fully saturated rings. The van der Waals surface area contributed by atoms with Crippen molar-refractivity contribution in [3.63, 3.8) is 0 Å². The average Bonchev–Trinajstić information content (AvgIpc) is 2.87. The zero-order valence-electron chi connectivity index (χ0n) is 21.4. The van der Waals surface area contributed by atoms with Crippen LogP contribution in [0.15, 0.2) is 77.8 Å². The van der Waals surface area contributed by atoms with Crippen LogP contribution >= 0.6 is 0 Å². The maximum absolute atomic E-state index is 13.5. The Balaban J connectivity index is 1.53. The highest BCUT2D eigenvalue weighted by Gasteiger charge is 2.34. The van der Waals surface area contributed by atoms with E-state index in [-0.39, 0.29) is 11.3 Å². The largest absolute Gasteiger partial charge is 0.475 e. The van der Waals surface area contributed by atoms with Crippen molar-refractivity contribution in [2.24, 2.45) is 11.8 Å². The van der Waals surface area contributed by atoms with Crippen molar-refractivity contribution in [1.29, 1.82) is 0 Å². The molecule has 8 nitrogen and oxygen atoms in total. The van der Waals surface area contributed by atoms with E-state index in [2.05, 4.69) is 10.3 Å². The van der Waals surface area contributed by atoms with Gasteiger partial charge >= 0.3 is 7.12 Å². The van der Waals surface area contributed by atoms with E-state index in [9.17, 15) is 23.3 Å². The van der Waals surface area contributed by atoms with Gasteiger partial charge in [-0.3, -0.25) is 4.79 Å². The molecule has 1 aliphatic carbocycles. The number of carbonyl (C=O) groups excluding carboxylic acids is 1. The molecule has 1 saturated carbocycles. The number of benzene rings is 2. The first-order valence-electron chi connectivity index (χ1n) is 12.8. The normalized spacial score (nSPS) is 15.2. The summed E-state index contributed by atoms with van der Waals surface area (Å²) in [5.41, 5.74) is 1.78. The van der Waals surface area contributed by atoms with E-state index in [4.69, 9.17) is 4.74 Å². The number of pyridine rings is 1. The molecule has 0 spiro atoms. The molecule has 3 aromatic rings. The average molecular weight is 536 g/mol. The van der Waals surface area contributed by atoms with Crippen LogP contribution in [-0.2, 0) is 21.1 Å². The Kier molecular flexibility index (Phi) is 9.19. The first kappa shape index (κ1) is 27.8. The lowest BCUT2D eigenvalue weighted by atomic mass is 9.69. The summed E-state index contributed by atoms with van der Waals surface area (Å²) in [7, 11) is -5.63. The van der Waals surface area contributed by atoms with Crippen molar-refractivity contribution in [2.75, 3.05) is 5.75 Å². The minimum atomic E-state index is -3.90. The van der Waals surface area contributed by atoms with Crippen molar-refractivity contribution in [3.05, 3.63) is 84.1 Å². The van der Waals surface area contributed by atoms with Gasteiger partial charge in [0.1, 0.15) is 5.75 Å². The van der Waals surface area contributed by atoms with Crippen LogP contribution < -0.4 is 10.1 Å². The van der Waals surface area contributed by atoms with E-state index in [0.29, 0.717) is 24.0 Å². The van der Waals surface area contributed by atoms with E-state index in [1.165, 1.54) is 12.1 Å². The van der Waals surface area contributed by atoms with Crippen LogP contribution in [-0.4, -0.2) is 48.2 Å². The standard InChI is InChI=1S/C28H33BN2O6S/c1-20-13-14-27(30-18-20)37-24-11-6-12-25(17-24)38(35,36)19-23(15-21-7-3-2-4-8-21)28(32)31-26(29(33)34)16-22-9-5-10-22/h2-4,6-8,11-14,17-18,22-23,26,33-34H,5,9-10,15-16,19H2,1H3,(H,31,32)/t23-,26+/m1/s1. The summed E-state index contributed by atoms with van der Waals surface area (Å²) in [5, 5.41) is 22.5. The van der Waals surface area contributed by atoms with E-state index in [0.717, 1.165) is 30.4 Å². The van der Waals surface area contributed by atoms with Crippen LogP contribution in [0.1, 0.15) is 36.8 Å². The zero-order valence-corrected chi connectivity index (χ0v) is 22.2. The molecular weight excluding hydrogens is 503 g/mol. The van der Waals surface area contributed by atoms with Crippen molar-refractivity contribution in [1.82, 2.24) is 10.3 Å². The van der Waals surface area contributed by atoms with Gasteiger partial charge in [0.05, 0.1) is 22.5 Å². The van der Waals surface area contributed by atoms with Crippen molar-refractivity contribution in [3.8, 4) is 11.6 Å². The summed E-state index contributed by atoms with van der Waals surface area (Å²) in [5.74, 6) is -1.78. The van der Waals surface area contributed by atoms with Gasteiger partial charge in [0.25, 0.3) is 0 Å². The van der Waals surface area contributed by atoms with Crippen LogP contribution in [0.2, 0.25) is 0 Å². The van der Waals surface area contributed by atoms with Crippen LogP contribution in [0.4, 0.5) is 0 Å². The molecule has 2 aromatic carbocycles. The van der Waals surface area contributed by atoms with E-state index < -0.39 is 40.5 Å². The summed E-state index contributed by atoms with van der Waals surface area (Å²) >= 11 is 0. The Morgan fingerprint density at radius 2 is 1.87 bits per heavy atom. The maximum atomic E-state index is 13.5. The number of sulfone groups is 1. The Morgan fingerprint density at radius 1 is 1.11 bits per heavy atom. The molecule has 0 unspecified atom stereocenters. The number of hydrogen-bond donors (Lipinski definition) is 3. The second-order valence-corrected chi connectivity index (χ2v) is 12.0. The number of aromatic nitrogens is 1. The number of rotatable bonds is 12. The summed E-state index contributed by atoms with van der Waals surface area (Å²) < 4.78 is 32.7. The monoisotopic (exact) mass is 536 g/mol. The van der Waals surface area contributed by atoms with Gasteiger partial charge in [-0.2, -0.15) is 0 Å². The lowest BCUT2D eigenvalue weighted by Crippen LogP contribution is -2.50. The van der Waals surface area contributed by atoms with E-state index >= 15 is 0 Å². The first-order chi connectivity index (χ1) is 18.2. The molecule has 38 heavy (non-hydrogen) atoms. The van der Waals surface area contributed by atoms with Gasteiger partial charge < -0.3 is 20.1 Å². The highest BCUT2D eigenvalue weighted by atomic mass is 32.2. The number of aryl methyl sites for hydroxylation is 1. The molecule has 0 radical (unpaired) electrons. The third-order valence-electron chi connectivity index (χ3n) is 6.89. The number of amides is 1. The van der Waals surface area contributed by atoms with Crippen LogP contribution in [0.5, 0.6) is 11.6 Å². The van der Waals surface area contributed by atoms with Gasteiger partial charge in [0.15, 0.2) is 9.84 Å². The van der Waals surface area contributed by atoms with Crippen LogP contribution in [0.3, 0.4) is 0 Å². The Hall–Kier alpha value is -3.21. The minimum absolute atomic E-state index is 0.0289. The fourth-order valence-corrected chi connectivity index (χ4v) is 6.07. The first-order valence-corrected chi connectivity index (χ1v) is 14.5. The van der Waals surface area contributed by atoms with Gasteiger partial charge in [-0.15, -0.1) is 0 Å². The molecule has 1 amide bonds. The molecule has 3 N–H and O–H groups in total. The van der Waals surface area contributed by atoms with Gasteiger partial charge in [0, 0.05) is 12.3 Å². The second kappa shape index (κ2) is 12.6. The molecule has 0 saturated heterocycles. The van der Waals surface area contributed by atoms with E-state index in [1.54, 1.807) is 24.4 Å². The van der Waals surface area contributed by atoms with Gasteiger partial charge in [-0.25, -0.2) is 13.4 Å². The molecule has 1 heterocycles. The number of carbonyl (C=O) groups is 1. The molecule has 0 bridgehead atoms. The second-order valence-electron chi connectivity index (χ2n) is 9.98. The highest BCUT2D eigenvalue weighted by Crippen LogP contribution is 2.31. The summed E-state index contributed by atoms with van der Waals surface area (Å²) in [6, 6.07) is 18.8. The van der Waals surface area contributed by atoms with Gasteiger partial charge in [-0.05, 0) is 55.0 Å². The topological polar surface area (TPSA) is 126 Å². The molecule has 1 aliphatic rings. The Labute approximate surface area is 224 Å². The predicted molar refractivity (Wildman–Crippen MR) is 145 cm³/mol. The summed E-state index contributed by atoms with van der Waals surface area (Å²) in [6.07, 6.45) is 5.34. The van der Waals surface area contributed by atoms with Crippen molar-refractivity contribution < 1.29 is 28.0 Å². The SMILES string of the molecule is Cc1ccc(Oc2cccc(S(=O)(=O)C[C@@H](Cc3ccccc3)C(=O)N[C@@H](CC3CCC3)B(O)O)c2)nc1. The third kappa shape index (κ3) is 7.66. The van der Waals surface area contributed by atoms with Gasteiger partial charge in [-0.1, -0.05) is 61.7 Å². The number of nitrogens with zero attached hydrogens (tertiary/aromatic N) is 1. The van der Waals surface area contributed by atoms with E-state index in [1.807, 2.05) is 43.3 Å². The fraction of sp³-hybridized carbons (Fsp3) is 0.357. The lowest BCUT2D eigenvalue weighted by Gasteiger charge is -2.30. The minimum Gasteiger partial charge on any atom is -0.439 e. The maximum Gasteiger partial charge on any atom is 0.475 e. The van der Waals surface area contributed by atoms with Crippen molar-refractivity contribution in [2.45, 2.75) is 49.9 Å². The fourth-order valence-electron chi connectivity index (χ4n) is 4.50. The quantitative estimate of drug-likeness (QED) is 0.303. The molecule has 1 aromatic heterocycles. The van der Waals surface area contributed by atoms with Crippen LogP contribution in [0.25, 0.3) is 0 Å². The highest BCUT2D eigenvalue weighted by molar-refractivity contribution is 7.91. The third-order valence-corrected chi connectivity index (χ3v) is 8.70. The molecule has 2 atom stereocenters. The predicted octanol–water partition coefficient (Wildman–Crippen LogP) is 3.50. The molecule has 10 heteroatoms. The van der Waals surface area contributed by atoms with Gasteiger partial charge in [0.2, 0.25) is 11.8 Å². The Bertz CT molecular complexity index is 1310. The number of hydrogen-bond acceptors (Lipinski definition) is 7. The zero-order chi connectivity index (χ0) is 27.1. The van der Waals surface area contributed by atoms with Crippen LogP contribution in [0, 0.1) is 18.8 Å². The molecular formula is C28H33BN2O6S. The smallest absolute Gasteiger partial charge is 0.439 e. The van der Waals surface area contributed by atoms with Crippen molar-refractivity contribution >= 4 is 22.9 Å². The summed E-state index contributed by atoms with van der Waals surface area (Å²) in [4.78, 5) is 17.6. The Morgan fingerprint density at radius 3 is 2.50 bits per heavy atom. The number of nitrogens with one attached hydrogen (secondary N) is 1. The molecule has 4 rings (SSSR count). The number of ether oxygens (including phenoxy) is 1.